The van der Waals surface area contributed by atoms with Crippen molar-refractivity contribution in [2.75, 3.05) is 13.2 Å². The molecule has 0 saturated carbocycles. The van der Waals surface area contributed by atoms with Gasteiger partial charge in [-0.15, -0.1) is 0 Å². The Morgan fingerprint density at radius 1 is 0.929 bits per heavy atom. The summed E-state index contributed by atoms with van der Waals surface area (Å²) < 4.78 is 7.86. The van der Waals surface area contributed by atoms with Crippen molar-refractivity contribution in [1.29, 1.82) is 0 Å². The standard InChI is InChI=1S/C24H23N3O/c1-17-4-2-5-19(14-17)24-21(6-3-11-25-24)18-7-8-22-23(15-18)27(16-26-22)20-9-12-28-13-10-20/h2-8,11,14-16,20H,9-10,12-13H2,1H3. The first-order valence-electron chi connectivity index (χ1n) is 9.86. The molecule has 0 bridgehead atoms. The summed E-state index contributed by atoms with van der Waals surface area (Å²) in [6, 6.07) is 19.7. The van der Waals surface area contributed by atoms with E-state index in [9.17, 15) is 0 Å². The van der Waals surface area contributed by atoms with E-state index in [1.54, 1.807) is 0 Å². The van der Waals surface area contributed by atoms with Gasteiger partial charge in [0.1, 0.15) is 0 Å². The summed E-state index contributed by atoms with van der Waals surface area (Å²) >= 11 is 0. The molecule has 28 heavy (non-hydrogen) atoms. The van der Waals surface area contributed by atoms with Crippen molar-refractivity contribution in [3.05, 3.63) is 72.7 Å². The first-order chi connectivity index (χ1) is 13.8. The number of rotatable bonds is 3. The average Bonchev–Trinajstić information content (AvgIpc) is 3.18. The zero-order chi connectivity index (χ0) is 18.9. The predicted octanol–water partition coefficient (Wildman–Crippen LogP) is 5.43. The maximum atomic E-state index is 5.54. The molecule has 4 aromatic rings. The van der Waals surface area contributed by atoms with Gasteiger partial charge >= 0.3 is 0 Å². The van der Waals surface area contributed by atoms with Crippen LogP contribution in [0.2, 0.25) is 0 Å². The molecule has 2 aromatic heterocycles. The van der Waals surface area contributed by atoms with Crippen LogP contribution in [0.4, 0.5) is 0 Å². The van der Waals surface area contributed by atoms with Gasteiger partial charge in [-0.2, -0.15) is 0 Å². The van der Waals surface area contributed by atoms with Gasteiger partial charge in [-0.3, -0.25) is 4.98 Å². The summed E-state index contributed by atoms with van der Waals surface area (Å²) in [5.41, 5.74) is 7.94. The molecule has 1 aliphatic rings. The lowest BCUT2D eigenvalue weighted by molar-refractivity contribution is 0.0706. The summed E-state index contributed by atoms with van der Waals surface area (Å²) in [6.07, 6.45) is 5.93. The van der Waals surface area contributed by atoms with Gasteiger partial charge in [0.15, 0.2) is 0 Å². The maximum absolute atomic E-state index is 5.54. The van der Waals surface area contributed by atoms with E-state index < -0.39 is 0 Å². The third-order valence-corrected chi connectivity index (χ3v) is 5.57. The largest absolute Gasteiger partial charge is 0.381 e. The van der Waals surface area contributed by atoms with E-state index in [-0.39, 0.29) is 0 Å². The van der Waals surface area contributed by atoms with Crippen LogP contribution in [0.15, 0.2) is 67.1 Å². The maximum Gasteiger partial charge on any atom is 0.0960 e. The van der Waals surface area contributed by atoms with Crippen molar-refractivity contribution in [2.45, 2.75) is 25.8 Å². The molecule has 0 radical (unpaired) electrons. The highest BCUT2D eigenvalue weighted by atomic mass is 16.5. The van der Waals surface area contributed by atoms with Gasteiger partial charge < -0.3 is 9.30 Å². The second-order valence-electron chi connectivity index (χ2n) is 7.47. The van der Waals surface area contributed by atoms with Crippen molar-refractivity contribution >= 4 is 11.0 Å². The van der Waals surface area contributed by atoms with Gasteiger partial charge in [-0.05, 0) is 49.6 Å². The average molecular weight is 369 g/mol. The third-order valence-electron chi connectivity index (χ3n) is 5.57. The molecule has 1 aliphatic heterocycles. The summed E-state index contributed by atoms with van der Waals surface area (Å²) in [4.78, 5) is 9.33. The lowest BCUT2D eigenvalue weighted by Crippen LogP contribution is -2.18. The van der Waals surface area contributed by atoms with Gasteiger partial charge in [-0.1, -0.05) is 35.9 Å². The number of fused-ring (bicyclic) bond motifs is 1. The minimum atomic E-state index is 0.458. The van der Waals surface area contributed by atoms with Crippen LogP contribution in [0.1, 0.15) is 24.4 Å². The highest BCUT2D eigenvalue weighted by molar-refractivity contribution is 5.87. The van der Waals surface area contributed by atoms with E-state index in [1.165, 1.54) is 16.6 Å². The molecule has 0 amide bonds. The Morgan fingerprint density at radius 2 is 1.82 bits per heavy atom. The molecule has 3 heterocycles. The molecule has 0 spiro atoms. The summed E-state index contributed by atoms with van der Waals surface area (Å²) in [5, 5.41) is 0. The molecule has 0 aliphatic carbocycles. The molecule has 4 heteroatoms. The van der Waals surface area contributed by atoms with Crippen molar-refractivity contribution < 1.29 is 4.74 Å². The summed E-state index contributed by atoms with van der Waals surface area (Å²) in [6.45, 7) is 3.76. The lowest BCUT2D eigenvalue weighted by Gasteiger charge is -2.24. The van der Waals surface area contributed by atoms with Gasteiger partial charge in [-0.25, -0.2) is 4.98 Å². The predicted molar refractivity (Wildman–Crippen MR) is 112 cm³/mol. The number of hydrogen-bond donors (Lipinski definition) is 0. The minimum Gasteiger partial charge on any atom is -0.381 e. The van der Waals surface area contributed by atoms with Crippen molar-refractivity contribution in [3.63, 3.8) is 0 Å². The number of imidazole rings is 1. The van der Waals surface area contributed by atoms with Crippen LogP contribution in [0, 0.1) is 6.92 Å². The first kappa shape index (κ1) is 17.1. The SMILES string of the molecule is Cc1cccc(-c2ncccc2-c2ccc3ncn(C4CCOCC4)c3c2)c1. The fourth-order valence-corrected chi connectivity index (χ4v) is 4.11. The topological polar surface area (TPSA) is 39.9 Å². The third kappa shape index (κ3) is 3.10. The summed E-state index contributed by atoms with van der Waals surface area (Å²) in [5.74, 6) is 0. The van der Waals surface area contributed by atoms with E-state index in [0.29, 0.717) is 6.04 Å². The molecule has 0 N–H and O–H groups in total. The Kier molecular flexibility index (Phi) is 4.41. The minimum absolute atomic E-state index is 0.458. The van der Waals surface area contributed by atoms with Crippen LogP contribution in [-0.4, -0.2) is 27.7 Å². The van der Waals surface area contributed by atoms with Crippen LogP contribution >= 0.6 is 0 Å². The molecule has 4 nitrogen and oxygen atoms in total. The zero-order valence-electron chi connectivity index (χ0n) is 16.0. The number of nitrogens with zero attached hydrogens (tertiary/aromatic N) is 3. The Hall–Kier alpha value is -2.98. The van der Waals surface area contributed by atoms with Crippen LogP contribution in [0.5, 0.6) is 0 Å². The van der Waals surface area contributed by atoms with Crippen molar-refractivity contribution in [1.82, 2.24) is 14.5 Å². The molecule has 140 valence electrons. The van der Waals surface area contributed by atoms with E-state index in [1.807, 2.05) is 18.6 Å². The van der Waals surface area contributed by atoms with Crippen LogP contribution in [0.3, 0.4) is 0 Å². The molecule has 0 unspecified atom stereocenters. The number of aromatic nitrogens is 3. The number of ether oxygens (including phenoxy) is 1. The highest BCUT2D eigenvalue weighted by Gasteiger charge is 2.18. The second kappa shape index (κ2) is 7.21. The molecule has 0 atom stereocenters. The Bertz CT molecular complexity index is 1130. The quantitative estimate of drug-likeness (QED) is 0.484. The van der Waals surface area contributed by atoms with Crippen molar-refractivity contribution in [3.8, 4) is 22.4 Å². The molecular weight excluding hydrogens is 346 g/mol. The number of benzene rings is 2. The van der Waals surface area contributed by atoms with Gasteiger partial charge in [0, 0.05) is 36.6 Å². The first-order valence-corrected chi connectivity index (χ1v) is 9.86. The number of aryl methyl sites for hydroxylation is 1. The fraction of sp³-hybridized carbons (Fsp3) is 0.250. The number of hydrogen-bond acceptors (Lipinski definition) is 3. The van der Waals surface area contributed by atoms with E-state index in [2.05, 4.69) is 65.0 Å². The van der Waals surface area contributed by atoms with Gasteiger partial charge in [0.2, 0.25) is 0 Å². The molecule has 5 rings (SSSR count). The lowest BCUT2D eigenvalue weighted by atomic mass is 9.98. The molecular formula is C24H23N3O. The van der Waals surface area contributed by atoms with E-state index >= 15 is 0 Å². The second-order valence-corrected chi connectivity index (χ2v) is 7.47. The Balaban J connectivity index is 1.62. The highest BCUT2D eigenvalue weighted by Crippen LogP contribution is 2.33. The van der Waals surface area contributed by atoms with Gasteiger partial charge in [0.05, 0.1) is 23.1 Å². The van der Waals surface area contributed by atoms with Crippen LogP contribution in [0.25, 0.3) is 33.4 Å². The molecule has 2 aromatic carbocycles. The van der Waals surface area contributed by atoms with E-state index in [4.69, 9.17) is 9.72 Å². The van der Waals surface area contributed by atoms with E-state index in [0.717, 1.165) is 48.4 Å². The molecule has 1 fully saturated rings. The van der Waals surface area contributed by atoms with Gasteiger partial charge in [0.25, 0.3) is 0 Å². The number of pyridine rings is 1. The Morgan fingerprint density at radius 3 is 2.68 bits per heavy atom. The van der Waals surface area contributed by atoms with Crippen molar-refractivity contribution in [2.24, 2.45) is 0 Å². The normalized spacial score (nSPS) is 15.2. The monoisotopic (exact) mass is 369 g/mol. The summed E-state index contributed by atoms with van der Waals surface area (Å²) in [7, 11) is 0. The smallest absolute Gasteiger partial charge is 0.0960 e. The van der Waals surface area contributed by atoms with Crippen LogP contribution in [-0.2, 0) is 4.74 Å². The fourth-order valence-electron chi connectivity index (χ4n) is 4.11. The van der Waals surface area contributed by atoms with Crippen LogP contribution < -0.4 is 0 Å². The zero-order valence-corrected chi connectivity index (χ0v) is 16.0. The molecule has 1 saturated heterocycles. The Labute approximate surface area is 164 Å².